The van der Waals surface area contributed by atoms with Crippen LogP contribution in [0.1, 0.15) is 29.3 Å². The lowest BCUT2D eigenvalue weighted by molar-refractivity contribution is -0.129. The van der Waals surface area contributed by atoms with Crippen LogP contribution in [-0.4, -0.2) is 38.8 Å². The molecule has 0 spiro atoms. The predicted molar refractivity (Wildman–Crippen MR) is 106 cm³/mol. The number of carbonyl (C=O) groups excluding carboxylic acids is 1. The van der Waals surface area contributed by atoms with E-state index in [1.165, 1.54) is 17.7 Å². The number of amides is 1. The molecule has 0 radical (unpaired) electrons. The first-order valence-electron chi connectivity index (χ1n) is 9.88. The topological polar surface area (TPSA) is 51.0 Å². The lowest BCUT2D eigenvalue weighted by Gasteiger charge is -2.27. The fraction of sp³-hybridized carbons (Fsp3) is 0.318. The first-order chi connectivity index (χ1) is 15.2. The van der Waals surface area contributed by atoms with Gasteiger partial charge >= 0.3 is 5.92 Å². The molecule has 1 aliphatic rings. The van der Waals surface area contributed by atoms with Crippen LogP contribution in [0, 0.1) is 11.6 Å². The van der Waals surface area contributed by atoms with Gasteiger partial charge in [-0.05, 0) is 18.2 Å². The number of rotatable bonds is 5. The van der Waals surface area contributed by atoms with Crippen molar-refractivity contribution in [2.45, 2.75) is 32.4 Å². The molecule has 0 aliphatic carbocycles. The van der Waals surface area contributed by atoms with Gasteiger partial charge in [0.2, 0.25) is 5.91 Å². The van der Waals surface area contributed by atoms with Gasteiger partial charge in [-0.2, -0.15) is 13.9 Å². The van der Waals surface area contributed by atoms with Crippen LogP contribution >= 0.6 is 0 Å². The second kappa shape index (κ2) is 8.33. The fourth-order valence-corrected chi connectivity index (χ4v) is 3.77. The van der Waals surface area contributed by atoms with Crippen LogP contribution in [0.2, 0.25) is 0 Å². The predicted octanol–water partition coefficient (Wildman–Crippen LogP) is 4.24. The molecule has 5 nitrogen and oxygen atoms in total. The van der Waals surface area contributed by atoms with E-state index >= 15 is 0 Å². The van der Waals surface area contributed by atoms with Crippen LogP contribution in [0.3, 0.4) is 0 Å². The summed E-state index contributed by atoms with van der Waals surface area (Å²) < 4.78 is 69.6. The zero-order valence-electron chi connectivity index (χ0n) is 17.1. The molecule has 0 saturated carbocycles. The Morgan fingerprint density at radius 3 is 2.66 bits per heavy atom. The number of fused-ring (bicyclic) bond motifs is 1. The summed E-state index contributed by atoms with van der Waals surface area (Å²) in [5, 5.41) is 4.48. The molecular weight excluding hydrogens is 431 g/mol. The molecule has 3 heterocycles. The second-order valence-electron chi connectivity index (χ2n) is 7.63. The van der Waals surface area contributed by atoms with Gasteiger partial charge in [-0.3, -0.25) is 14.5 Å². The summed E-state index contributed by atoms with van der Waals surface area (Å²) in [7, 11) is 0. The van der Waals surface area contributed by atoms with Gasteiger partial charge in [0.15, 0.2) is 6.67 Å². The monoisotopic (exact) mass is 450 g/mol. The maximum absolute atomic E-state index is 14.2. The van der Waals surface area contributed by atoms with Crippen molar-refractivity contribution in [3.63, 3.8) is 0 Å². The number of hydrogen-bond acceptors (Lipinski definition) is 3. The average Bonchev–Trinajstić information content (AvgIpc) is 3.13. The van der Waals surface area contributed by atoms with Crippen LogP contribution in [0.25, 0.3) is 11.4 Å². The van der Waals surface area contributed by atoms with Crippen LogP contribution in [-0.2, 0) is 30.2 Å². The number of halogens is 5. The van der Waals surface area contributed by atoms with Crippen LogP contribution < -0.4 is 0 Å². The minimum atomic E-state index is -3.68. The van der Waals surface area contributed by atoms with Gasteiger partial charge in [0.25, 0.3) is 0 Å². The molecule has 32 heavy (non-hydrogen) atoms. The Bertz CT molecular complexity index is 1180. The third-order valence-electron chi connectivity index (χ3n) is 5.51. The lowest BCUT2D eigenvalue weighted by Crippen LogP contribution is -2.34. The highest BCUT2D eigenvalue weighted by atomic mass is 19.3. The SMILES string of the molecule is CC(=O)N1CCc2c(c(-c3cc(C(F)(F)CF)ccn3)nn2Cc2ccc(F)cc2F)C1. The van der Waals surface area contributed by atoms with E-state index in [0.29, 0.717) is 24.2 Å². The Morgan fingerprint density at radius 2 is 1.97 bits per heavy atom. The smallest absolute Gasteiger partial charge is 0.301 e. The maximum Gasteiger partial charge on any atom is 0.301 e. The Balaban J connectivity index is 1.81. The molecule has 168 valence electrons. The Labute approximate surface area is 180 Å². The van der Waals surface area contributed by atoms with E-state index in [0.717, 1.165) is 30.5 Å². The molecule has 0 atom stereocenters. The molecule has 0 bridgehead atoms. The van der Waals surface area contributed by atoms with Gasteiger partial charge in [0, 0.05) is 61.1 Å². The number of aromatic nitrogens is 3. The third kappa shape index (κ3) is 4.09. The highest BCUT2D eigenvalue weighted by molar-refractivity contribution is 5.74. The number of hydrogen-bond donors (Lipinski definition) is 0. The fourth-order valence-electron chi connectivity index (χ4n) is 3.77. The number of carbonyl (C=O) groups is 1. The molecule has 4 rings (SSSR count). The Hall–Kier alpha value is -3.30. The van der Waals surface area contributed by atoms with Gasteiger partial charge in [0.1, 0.15) is 17.3 Å². The van der Waals surface area contributed by atoms with Crippen LogP contribution in [0.4, 0.5) is 22.0 Å². The molecule has 1 amide bonds. The van der Waals surface area contributed by atoms with Crippen molar-refractivity contribution >= 4 is 5.91 Å². The van der Waals surface area contributed by atoms with E-state index in [2.05, 4.69) is 10.1 Å². The summed E-state index contributed by atoms with van der Waals surface area (Å²) in [6.07, 6.45) is 1.55. The summed E-state index contributed by atoms with van der Waals surface area (Å²) in [5.41, 5.74) is 1.30. The van der Waals surface area contributed by atoms with Gasteiger partial charge < -0.3 is 4.90 Å². The molecule has 10 heteroatoms. The standard InChI is InChI=1S/C22H19F5N4O/c1-13(32)30-7-5-20-17(11-30)21(19-8-15(4-6-28-19)22(26,27)12-23)29-31(20)10-14-2-3-16(24)9-18(14)25/h2-4,6,8-9H,5,7,10-12H2,1H3. The van der Waals surface area contributed by atoms with Crippen LogP contribution in [0.5, 0.6) is 0 Å². The van der Waals surface area contributed by atoms with E-state index in [-0.39, 0.29) is 35.9 Å². The summed E-state index contributed by atoms with van der Waals surface area (Å²) in [6, 6.07) is 5.31. The molecule has 0 N–H and O–H groups in total. The van der Waals surface area contributed by atoms with E-state index in [9.17, 15) is 26.7 Å². The van der Waals surface area contributed by atoms with Gasteiger partial charge in [0.05, 0.1) is 12.2 Å². The number of benzene rings is 1. The maximum atomic E-state index is 14.2. The van der Waals surface area contributed by atoms with Crippen molar-refractivity contribution in [3.05, 3.63) is 70.5 Å². The molecular formula is C22H19F5N4O. The van der Waals surface area contributed by atoms with Crippen molar-refractivity contribution in [2.75, 3.05) is 13.2 Å². The summed E-state index contributed by atoms with van der Waals surface area (Å²) in [6.45, 7) is 0.132. The first kappa shape index (κ1) is 21.9. The first-order valence-corrected chi connectivity index (χ1v) is 9.88. The van der Waals surface area contributed by atoms with E-state index in [1.54, 1.807) is 4.90 Å². The van der Waals surface area contributed by atoms with E-state index in [1.807, 2.05) is 0 Å². The Kier molecular flexibility index (Phi) is 5.70. The van der Waals surface area contributed by atoms with Crippen molar-refractivity contribution in [1.82, 2.24) is 19.7 Å². The van der Waals surface area contributed by atoms with Crippen molar-refractivity contribution < 1.29 is 26.7 Å². The summed E-state index contributed by atoms with van der Waals surface area (Å²) in [4.78, 5) is 17.6. The quantitative estimate of drug-likeness (QED) is 0.547. The van der Waals surface area contributed by atoms with Crippen LogP contribution in [0.15, 0.2) is 36.5 Å². The molecule has 0 fully saturated rings. The lowest BCUT2D eigenvalue weighted by atomic mass is 10.0. The molecule has 2 aromatic heterocycles. The highest BCUT2D eigenvalue weighted by Gasteiger charge is 2.33. The zero-order chi connectivity index (χ0) is 23.0. The summed E-state index contributed by atoms with van der Waals surface area (Å²) in [5.74, 6) is -5.28. The normalized spacial score (nSPS) is 13.9. The zero-order valence-corrected chi connectivity index (χ0v) is 17.1. The molecule has 3 aromatic rings. The average molecular weight is 450 g/mol. The second-order valence-corrected chi connectivity index (χ2v) is 7.63. The minimum absolute atomic E-state index is 0.0190. The summed E-state index contributed by atoms with van der Waals surface area (Å²) >= 11 is 0. The third-order valence-corrected chi connectivity index (χ3v) is 5.51. The number of alkyl halides is 3. The molecule has 0 saturated heterocycles. The van der Waals surface area contributed by atoms with Gasteiger partial charge in [-0.1, -0.05) is 6.07 Å². The highest BCUT2D eigenvalue weighted by Crippen LogP contribution is 2.34. The largest absolute Gasteiger partial charge is 0.338 e. The van der Waals surface area contributed by atoms with Gasteiger partial charge in [-0.15, -0.1) is 0 Å². The molecule has 0 unspecified atom stereocenters. The number of nitrogens with zero attached hydrogens (tertiary/aromatic N) is 4. The number of pyridine rings is 1. The van der Waals surface area contributed by atoms with E-state index in [4.69, 9.17) is 0 Å². The molecule has 1 aromatic carbocycles. The molecule has 1 aliphatic heterocycles. The van der Waals surface area contributed by atoms with Crippen molar-refractivity contribution in [3.8, 4) is 11.4 Å². The van der Waals surface area contributed by atoms with Crippen molar-refractivity contribution in [1.29, 1.82) is 0 Å². The minimum Gasteiger partial charge on any atom is -0.338 e. The Morgan fingerprint density at radius 1 is 1.19 bits per heavy atom. The van der Waals surface area contributed by atoms with Crippen molar-refractivity contribution in [2.24, 2.45) is 0 Å². The van der Waals surface area contributed by atoms with Gasteiger partial charge in [-0.25, -0.2) is 13.2 Å². The van der Waals surface area contributed by atoms with E-state index < -0.39 is 29.8 Å².